The lowest BCUT2D eigenvalue weighted by Gasteiger charge is -2.03. The van der Waals surface area contributed by atoms with Gasteiger partial charge in [-0.25, -0.2) is 4.39 Å². The van der Waals surface area contributed by atoms with Crippen LogP contribution in [0.25, 0.3) is 10.2 Å². The van der Waals surface area contributed by atoms with Crippen molar-refractivity contribution in [1.29, 1.82) is 0 Å². The van der Waals surface area contributed by atoms with Gasteiger partial charge in [0.15, 0.2) is 0 Å². The third-order valence-electron chi connectivity index (χ3n) is 4.03. The van der Waals surface area contributed by atoms with Crippen molar-refractivity contribution >= 4 is 44.9 Å². The molecule has 2 heterocycles. The van der Waals surface area contributed by atoms with E-state index in [0.29, 0.717) is 26.6 Å². The first-order valence-corrected chi connectivity index (χ1v) is 9.29. The van der Waals surface area contributed by atoms with E-state index in [0.717, 1.165) is 5.56 Å². The first-order valence-electron chi connectivity index (χ1n) is 8.47. The van der Waals surface area contributed by atoms with Crippen LogP contribution in [0.15, 0.2) is 60.7 Å². The quantitative estimate of drug-likeness (QED) is 0.474. The van der Waals surface area contributed by atoms with E-state index in [1.165, 1.54) is 29.5 Å². The molecule has 0 atom stereocenters. The molecule has 0 aliphatic carbocycles. The summed E-state index contributed by atoms with van der Waals surface area (Å²) in [4.78, 5) is 25.7. The van der Waals surface area contributed by atoms with Crippen molar-refractivity contribution in [2.45, 2.75) is 6.42 Å². The van der Waals surface area contributed by atoms with E-state index in [1.54, 1.807) is 12.1 Å². The number of fused-ring (bicyclic) bond motifs is 1. The van der Waals surface area contributed by atoms with Gasteiger partial charge >= 0.3 is 0 Å². The second-order valence-electron chi connectivity index (χ2n) is 6.10. The summed E-state index contributed by atoms with van der Waals surface area (Å²) >= 11 is 1.18. The van der Waals surface area contributed by atoms with Crippen LogP contribution in [0.2, 0.25) is 0 Å². The zero-order valence-electron chi connectivity index (χ0n) is 14.5. The first kappa shape index (κ1) is 17.9. The fourth-order valence-corrected chi connectivity index (χ4v) is 3.63. The summed E-state index contributed by atoms with van der Waals surface area (Å²) in [6, 6.07) is 16.7. The Morgan fingerprint density at radius 3 is 2.64 bits per heavy atom. The Kier molecular flexibility index (Phi) is 4.86. The summed E-state index contributed by atoms with van der Waals surface area (Å²) in [5, 5.41) is 13.0. The molecule has 0 radical (unpaired) electrons. The van der Waals surface area contributed by atoms with Crippen molar-refractivity contribution in [3.8, 4) is 0 Å². The Bertz CT molecular complexity index is 1150. The van der Waals surface area contributed by atoms with Crippen molar-refractivity contribution in [2.24, 2.45) is 0 Å². The summed E-state index contributed by atoms with van der Waals surface area (Å²) in [7, 11) is 0. The van der Waals surface area contributed by atoms with Gasteiger partial charge in [0.05, 0.1) is 16.7 Å². The minimum absolute atomic E-state index is 0.186. The summed E-state index contributed by atoms with van der Waals surface area (Å²) < 4.78 is 13.3. The lowest BCUT2D eigenvalue weighted by Crippen LogP contribution is -2.14. The van der Waals surface area contributed by atoms with Gasteiger partial charge in [0.25, 0.3) is 5.91 Å². The molecule has 4 aromatic rings. The number of aromatic amines is 1. The second kappa shape index (κ2) is 7.61. The highest BCUT2D eigenvalue weighted by molar-refractivity contribution is 7.20. The van der Waals surface area contributed by atoms with Crippen LogP contribution in [0.3, 0.4) is 0 Å². The number of amides is 2. The van der Waals surface area contributed by atoms with Crippen molar-refractivity contribution in [2.75, 3.05) is 10.6 Å². The largest absolute Gasteiger partial charge is 0.321 e. The molecule has 6 nitrogen and oxygen atoms in total. The van der Waals surface area contributed by atoms with Crippen molar-refractivity contribution in [3.05, 3.63) is 76.9 Å². The van der Waals surface area contributed by atoms with E-state index in [2.05, 4.69) is 20.8 Å². The molecule has 0 aliphatic rings. The lowest BCUT2D eigenvalue weighted by molar-refractivity contribution is -0.115. The van der Waals surface area contributed by atoms with Crippen LogP contribution >= 0.6 is 11.3 Å². The summed E-state index contributed by atoms with van der Waals surface area (Å²) in [6.45, 7) is 0. The highest BCUT2D eigenvalue weighted by Gasteiger charge is 2.17. The number of halogens is 1. The summed E-state index contributed by atoms with van der Waals surface area (Å²) in [5.74, 6) is -0.539. The fraction of sp³-hybridized carbons (Fsp3) is 0.0500. The van der Waals surface area contributed by atoms with Crippen molar-refractivity contribution < 1.29 is 14.0 Å². The molecule has 0 spiro atoms. The number of aromatic nitrogens is 2. The molecule has 8 heteroatoms. The third kappa shape index (κ3) is 3.91. The van der Waals surface area contributed by atoms with Gasteiger partial charge in [-0.15, -0.1) is 11.3 Å². The maximum absolute atomic E-state index is 13.3. The number of H-pyrrole nitrogens is 1. The minimum Gasteiger partial charge on any atom is -0.321 e. The number of nitrogens with one attached hydrogen (secondary N) is 3. The predicted molar refractivity (Wildman–Crippen MR) is 107 cm³/mol. The highest BCUT2D eigenvalue weighted by Crippen LogP contribution is 2.30. The lowest BCUT2D eigenvalue weighted by atomic mass is 10.1. The molecule has 2 amide bonds. The number of rotatable bonds is 5. The third-order valence-corrected chi connectivity index (χ3v) is 5.06. The van der Waals surface area contributed by atoms with E-state index >= 15 is 0 Å². The molecule has 0 fully saturated rings. The Balaban J connectivity index is 1.48. The number of hydrogen-bond acceptors (Lipinski definition) is 4. The van der Waals surface area contributed by atoms with Gasteiger partial charge in [-0.2, -0.15) is 5.10 Å². The van der Waals surface area contributed by atoms with Crippen LogP contribution in [0.1, 0.15) is 15.2 Å². The Morgan fingerprint density at radius 1 is 1.04 bits per heavy atom. The summed E-state index contributed by atoms with van der Waals surface area (Å²) in [6.07, 6.45) is 0.235. The van der Waals surface area contributed by atoms with Crippen LogP contribution in [-0.4, -0.2) is 22.0 Å². The van der Waals surface area contributed by atoms with Crippen LogP contribution in [0, 0.1) is 5.82 Å². The SMILES string of the molecule is O=C(Cc1ccccc1)Nc1[nH]nc2sc(C(=O)Nc3cccc(F)c3)cc12. The monoisotopic (exact) mass is 394 g/mol. The maximum Gasteiger partial charge on any atom is 0.265 e. The van der Waals surface area contributed by atoms with Crippen molar-refractivity contribution in [1.82, 2.24) is 10.2 Å². The van der Waals surface area contributed by atoms with Crippen LogP contribution in [-0.2, 0) is 11.2 Å². The van der Waals surface area contributed by atoms with E-state index in [9.17, 15) is 14.0 Å². The molecule has 2 aromatic heterocycles. The molecule has 2 aromatic carbocycles. The van der Waals surface area contributed by atoms with Crippen LogP contribution in [0.5, 0.6) is 0 Å². The molecular weight excluding hydrogens is 379 g/mol. The summed E-state index contributed by atoms with van der Waals surface area (Å²) in [5.41, 5.74) is 1.27. The molecule has 28 heavy (non-hydrogen) atoms. The fourth-order valence-electron chi connectivity index (χ4n) is 2.74. The van der Waals surface area contributed by atoms with Gasteiger partial charge < -0.3 is 10.6 Å². The van der Waals surface area contributed by atoms with Crippen LogP contribution in [0.4, 0.5) is 15.9 Å². The molecule has 4 rings (SSSR count). The Hall–Kier alpha value is -3.52. The van der Waals surface area contributed by atoms with Gasteiger partial charge in [-0.1, -0.05) is 36.4 Å². The molecular formula is C20H15FN4O2S. The number of carbonyl (C=O) groups is 2. The molecule has 0 aliphatic heterocycles. The van der Waals surface area contributed by atoms with E-state index < -0.39 is 5.82 Å². The Labute approximate surface area is 163 Å². The van der Waals surface area contributed by atoms with E-state index in [-0.39, 0.29) is 18.2 Å². The molecule has 0 saturated carbocycles. The van der Waals surface area contributed by atoms with Gasteiger partial charge in [-0.05, 0) is 29.8 Å². The highest BCUT2D eigenvalue weighted by atomic mass is 32.1. The van der Waals surface area contributed by atoms with Crippen LogP contribution < -0.4 is 10.6 Å². The van der Waals surface area contributed by atoms with Gasteiger partial charge in [0.1, 0.15) is 16.5 Å². The average Bonchev–Trinajstić information content (AvgIpc) is 3.25. The zero-order valence-corrected chi connectivity index (χ0v) is 15.3. The molecule has 0 unspecified atom stereocenters. The number of benzene rings is 2. The van der Waals surface area contributed by atoms with Gasteiger partial charge in [0.2, 0.25) is 5.91 Å². The predicted octanol–water partition coefficient (Wildman–Crippen LogP) is 4.20. The van der Waals surface area contributed by atoms with Gasteiger partial charge in [0, 0.05) is 5.69 Å². The number of carbonyl (C=O) groups excluding carboxylic acids is 2. The number of anilines is 2. The number of hydrogen-bond donors (Lipinski definition) is 3. The standard InChI is InChI=1S/C20H15FN4O2S/c21-13-7-4-8-14(10-13)22-19(27)16-11-15-18(24-25-20(15)28-16)23-17(26)9-12-5-2-1-3-6-12/h1-8,10-11H,9H2,(H,22,27)(H2,23,24,25,26). The van der Waals surface area contributed by atoms with Gasteiger partial charge in [-0.3, -0.25) is 14.7 Å². The topological polar surface area (TPSA) is 86.9 Å². The molecule has 0 bridgehead atoms. The average molecular weight is 394 g/mol. The normalized spacial score (nSPS) is 10.8. The smallest absolute Gasteiger partial charge is 0.265 e. The number of thiophene rings is 1. The first-order chi connectivity index (χ1) is 13.6. The minimum atomic E-state index is -0.428. The molecule has 140 valence electrons. The maximum atomic E-state index is 13.3. The molecule has 0 saturated heterocycles. The second-order valence-corrected chi connectivity index (χ2v) is 7.13. The van der Waals surface area contributed by atoms with E-state index in [4.69, 9.17) is 0 Å². The van der Waals surface area contributed by atoms with Crippen molar-refractivity contribution in [3.63, 3.8) is 0 Å². The molecule has 3 N–H and O–H groups in total. The zero-order chi connectivity index (χ0) is 19.5. The Morgan fingerprint density at radius 2 is 1.86 bits per heavy atom. The number of nitrogens with zero attached hydrogens (tertiary/aromatic N) is 1. The van der Waals surface area contributed by atoms with E-state index in [1.807, 2.05) is 30.3 Å².